The normalized spacial score (nSPS) is 15.9. The van der Waals surface area contributed by atoms with Gasteiger partial charge in [-0.1, -0.05) is 18.2 Å². The van der Waals surface area contributed by atoms with E-state index in [9.17, 15) is 10.1 Å². The van der Waals surface area contributed by atoms with Crippen LogP contribution >= 0.6 is 0 Å². The fraction of sp³-hybridized carbons (Fsp3) is 0.353. The van der Waals surface area contributed by atoms with Crippen LogP contribution in [0.15, 0.2) is 30.3 Å². The zero-order chi connectivity index (χ0) is 14.8. The maximum atomic E-state index is 11.4. The molecule has 0 aliphatic carbocycles. The highest BCUT2D eigenvalue weighted by molar-refractivity contribution is 5.86. The highest BCUT2D eigenvalue weighted by Gasteiger charge is 2.23. The fourth-order valence-corrected chi connectivity index (χ4v) is 2.93. The number of hydrogen-bond acceptors (Lipinski definition) is 4. The Hall–Kier alpha value is -2.41. The summed E-state index contributed by atoms with van der Waals surface area (Å²) >= 11 is 0. The van der Waals surface area contributed by atoms with Gasteiger partial charge in [-0.3, -0.25) is 4.79 Å². The number of pyridine rings is 1. The molecule has 1 fully saturated rings. The second kappa shape index (κ2) is 5.53. The summed E-state index contributed by atoms with van der Waals surface area (Å²) in [5.41, 5.74) is 1.50. The molecule has 21 heavy (non-hydrogen) atoms. The molecule has 0 bridgehead atoms. The molecule has 0 atom stereocenters. The van der Waals surface area contributed by atoms with Crippen LogP contribution in [0.2, 0.25) is 0 Å². The summed E-state index contributed by atoms with van der Waals surface area (Å²) in [6.45, 7) is 3.31. The van der Waals surface area contributed by atoms with E-state index in [1.54, 1.807) is 6.92 Å². The van der Waals surface area contributed by atoms with Crippen LogP contribution in [0.1, 0.15) is 25.3 Å². The predicted octanol–water partition coefficient (Wildman–Crippen LogP) is 2.91. The first-order chi connectivity index (χ1) is 10.2. The average molecular weight is 279 g/mol. The molecular weight excluding hydrogens is 262 g/mol. The molecule has 0 N–H and O–H groups in total. The van der Waals surface area contributed by atoms with Gasteiger partial charge in [-0.2, -0.15) is 5.26 Å². The van der Waals surface area contributed by atoms with Crippen LogP contribution in [0.3, 0.4) is 0 Å². The highest BCUT2D eigenvalue weighted by atomic mass is 16.1. The summed E-state index contributed by atoms with van der Waals surface area (Å²) in [5, 5.41) is 10.2. The summed E-state index contributed by atoms with van der Waals surface area (Å²) in [7, 11) is 0. The van der Waals surface area contributed by atoms with Crippen LogP contribution < -0.4 is 4.90 Å². The van der Waals surface area contributed by atoms with E-state index in [1.165, 1.54) is 0 Å². The Morgan fingerprint density at radius 1 is 1.33 bits per heavy atom. The standard InChI is InChI=1S/C17H17N3O/c1-12(21)13-6-8-20(9-7-13)17-10-14(11-18)15-4-2-3-5-16(15)19-17/h2-5,10,13H,6-9H2,1H3. The minimum absolute atomic E-state index is 0.178. The number of nitriles is 1. The number of benzene rings is 1. The quantitative estimate of drug-likeness (QED) is 0.848. The maximum absolute atomic E-state index is 11.4. The molecule has 1 aliphatic heterocycles. The Bertz CT molecular complexity index is 724. The molecule has 3 rings (SSSR count). The predicted molar refractivity (Wildman–Crippen MR) is 82.1 cm³/mol. The number of hydrogen-bond donors (Lipinski definition) is 0. The number of ketones is 1. The van der Waals surface area contributed by atoms with Gasteiger partial charge < -0.3 is 4.90 Å². The first-order valence-electron chi connectivity index (χ1n) is 7.24. The summed E-state index contributed by atoms with van der Waals surface area (Å²) in [5.74, 6) is 1.29. The summed E-state index contributed by atoms with van der Waals surface area (Å²) < 4.78 is 0. The van der Waals surface area contributed by atoms with Crippen molar-refractivity contribution in [3.05, 3.63) is 35.9 Å². The van der Waals surface area contributed by atoms with E-state index in [2.05, 4.69) is 16.0 Å². The number of aromatic nitrogens is 1. The number of anilines is 1. The second-order valence-corrected chi connectivity index (χ2v) is 5.53. The molecule has 0 saturated carbocycles. The second-order valence-electron chi connectivity index (χ2n) is 5.53. The zero-order valence-corrected chi connectivity index (χ0v) is 12.0. The Kier molecular flexibility index (Phi) is 3.57. The minimum atomic E-state index is 0.178. The van der Waals surface area contributed by atoms with Gasteiger partial charge in [-0.05, 0) is 31.9 Å². The molecular formula is C17H17N3O. The van der Waals surface area contributed by atoms with Gasteiger partial charge in [0.05, 0.1) is 17.1 Å². The van der Waals surface area contributed by atoms with Gasteiger partial charge in [0.1, 0.15) is 11.6 Å². The summed E-state index contributed by atoms with van der Waals surface area (Å²) in [4.78, 5) is 18.3. The molecule has 0 spiro atoms. The van der Waals surface area contributed by atoms with Crippen molar-refractivity contribution in [2.24, 2.45) is 5.92 Å². The molecule has 0 unspecified atom stereocenters. The number of piperidine rings is 1. The minimum Gasteiger partial charge on any atom is -0.357 e. The highest BCUT2D eigenvalue weighted by Crippen LogP contribution is 2.26. The van der Waals surface area contributed by atoms with Crippen molar-refractivity contribution in [2.75, 3.05) is 18.0 Å². The molecule has 1 aliphatic rings. The third kappa shape index (κ3) is 2.59. The Morgan fingerprint density at radius 3 is 2.71 bits per heavy atom. The number of fused-ring (bicyclic) bond motifs is 1. The number of nitrogens with zero attached hydrogens (tertiary/aromatic N) is 3. The van der Waals surface area contributed by atoms with Gasteiger partial charge in [0, 0.05) is 24.4 Å². The van der Waals surface area contributed by atoms with Crippen LogP contribution in [-0.2, 0) is 4.79 Å². The first kappa shape index (κ1) is 13.6. The molecule has 1 saturated heterocycles. The van der Waals surface area contributed by atoms with Crippen molar-refractivity contribution in [1.29, 1.82) is 5.26 Å². The Morgan fingerprint density at radius 2 is 2.05 bits per heavy atom. The third-order valence-corrected chi connectivity index (χ3v) is 4.22. The van der Waals surface area contributed by atoms with Crippen LogP contribution in [0.4, 0.5) is 5.82 Å². The smallest absolute Gasteiger partial charge is 0.133 e. The SMILES string of the molecule is CC(=O)C1CCN(c2cc(C#N)c3ccccc3n2)CC1. The third-order valence-electron chi connectivity index (χ3n) is 4.22. The lowest BCUT2D eigenvalue weighted by atomic mass is 9.93. The maximum Gasteiger partial charge on any atom is 0.133 e. The lowest BCUT2D eigenvalue weighted by Crippen LogP contribution is -2.36. The zero-order valence-electron chi connectivity index (χ0n) is 12.0. The van der Waals surface area contributed by atoms with Crippen molar-refractivity contribution in [1.82, 2.24) is 4.98 Å². The topological polar surface area (TPSA) is 57.0 Å². The van der Waals surface area contributed by atoms with Gasteiger partial charge in [0.15, 0.2) is 0 Å². The molecule has 2 heterocycles. The monoisotopic (exact) mass is 279 g/mol. The largest absolute Gasteiger partial charge is 0.357 e. The number of carbonyl (C=O) groups is 1. The van der Waals surface area contributed by atoms with Gasteiger partial charge in [0.2, 0.25) is 0 Å². The number of Topliss-reactive ketones (excluding diaryl/α,β-unsaturated/α-hetero) is 1. The molecule has 106 valence electrons. The molecule has 1 aromatic carbocycles. The van der Waals surface area contributed by atoms with Crippen molar-refractivity contribution >= 4 is 22.5 Å². The number of carbonyl (C=O) groups excluding carboxylic acids is 1. The van der Waals surface area contributed by atoms with E-state index in [0.29, 0.717) is 5.56 Å². The van der Waals surface area contributed by atoms with Crippen molar-refractivity contribution < 1.29 is 4.79 Å². The molecule has 2 aromatic rings. The summed E-state index contributed by atoms with van der Waals surface area (Å²) in [6, 6.07) is 11.8. The molecule has 0 radical (unpaired) electrons. The Balaban J connectivity index is 1.92. The fourth-order valence-electron chi connectivity index (χ4n) is 2.93. The van der Waals surface area contributed by atoms with E-state index >= 15 is 0 Å². The van der Waals surface area contributed by atoms with Gasteiger partial charge in [0.25, 0.3) is 0 Å². The lowest BCUT2D eigenvalue weighted by molar-refractivity contribution is -0.121. The van der Waals surface area contributed by atoms with Crippen molar-refractivity contribution in [3.8, 4) is 6.07 Å². The molecule has 0 amide bonds. The lowest BCUT2D eigenvalue weighted by Gasteiger charge is -2.32. The van der Waals surface area contributed by atoms with E-state index in [1.807, 2.05) is 30.3 Å². The van der Waals surface area contributed by atoms with Crippen LogP contribution in [0.25, 0.3) is 10.9 Å². The summed E-state index contributed by atoms with van der Waals surface area (Å²) in [6.07, 6.45) is 1.73. The van der Waals surface area contributed by atoms with Crippen LogP contribution in [0, 0.1) is 17.2 Å². The van der Waals surface area contributed by atoms with Crippen molar-refractivity contribution in [3.63, 3.8) is 0 Å². The molecule has 4 heteroatoms. The number of rotatable bonds is 2. The van der Waals surface area contributed by atoms with Crippen LogP contribution in [-0.4, -0.2) is 23.9 Å². The van der Waals surface area contributed by atoms with Crippen molar-refractivity contribution in [2.45, 2.75) is 19.8 Å². The van der Waals surface area contributed by atoms with E-state index in [-0.39, 0.29) is 11.7 Å². The molecule has 4 nitrogen and oxygen atoms in total. The first-order valence-corrected chi connectivity index (χ1v) is 7.24. The van der Waals surface area contributed by atoms with E-state index < -0.39 is 0 Å². The van der Waals surface area contributed by atoms with Gasteiger partial charge in [-0.15, -0.1) is 0 Å². The van der Waals surface area contributed by atoms with E-state index in [0.717, 1.165) is 42.7 Å². The van der Waals surface area contributed by atoms with Crippen LogP contribution in [0.5, 0.6) is 0 Å². The number of para-hydroxylation sites is 1. The van der Waals surface area contributed by atoms with Gasteiger partial charge >= 0.3 is 0 Å². The Labute approximate surface area is 124 Å². The van der Waals surface area contributed by atoms with E-state index in [4.69, 9.17) is 0 Å². The molecule has 1 aromatic heterocycles. The average Bonchev–Trinajstić information content (AvgIpc) is 2.53. The van der Waals surface area contributed by atoms with Gasteiger partial charge in [-0.25, -0.2) is 4.98 Å².